The summed E-state index contributed by atoms with van der Waals surface area (Å²) in [5.41, 5.74) is 6.62. The molecule has 1 atom stereocenters. The predicted octanol–water partition coefficient (Wildman–Crippen LogP) is 2.04. The lowest BCUT2D eigenvalue weighted by Crippen LogP contribution is -2.29. The number of benzene rings is 1. The second kappa shape index (κ2) is 6.40. The number of carbonyl (C=O) groups is 1. The molecule has 3 heteroatoms. The Balaban J connectivity index is 2.72. The molecule has 0 spiro atoms. The van der Waals surface area contributed by atoms with Crippen LogP contribution in [0.4, 0.5) is 0 Å². The number of rotatable bonds is 6. The van der Waals surface area contributed by atoms with Crippen LogP contribution in [0.25, 0.3) is 0 Å². The normalized spacial score (nSPS) is 12.5. The van der Waals surface area contributed by atoms with E-state index in [-0.39, 0.29) is 17.6 Å². The van der Waals surface area contributed by atoms with Crippen molar-refractivity contribution in [2.45, 2.75) is 20.3 Å². The van der Waals surface area contributed by atoms with Crippen LogP contribution in [0.5, 0.6) is 5.75 Å². The van der Waals surface area contributed by atoms with Crippen LogP contribution < -0.4 is 10.5 Å². The lowest BCUT2D eigenvalue weighted by molar-refractivity contribution is -0.123. The number of nitrogens with two attached hydrogens (primary N) is 1. The SMILES string of the molecule is COc1cccc(CC(=O)C(CN)C(C)C)c1. The summed E-state index contributed by atoms with van der Waals surface area (Å²) in [7, 11) is 1.62. The number of hydrogen-bond donors (Lipinski definition) is 1. The molecule has 2 N–H and O–H groups in total. The van der Waals surface area contributed by atoms with E-state index in [4.69, 9.17) is 10.5 Å². The van der Waals surface area contributed by atoms with E-state index in [0.29, 0.717) is 13.0 Å². The molecule has 1 aromatic rings. The molecule has 0 saturated carbocycles. The molecule has 0 aliphatic heterocycles. The van der Waals surface area contributed by atoms with Gasteiger partial charge in [0.15, 0.2) is 0 Å². The molecule has 0 amide bonds. The van der Waals surface area contributed by atoms with E-state index in [1.807, 2.05) is 38.1 Å². The van der Waals surface area contributed by atoms with E-state index in [2.05, 4.69) is 0 Å². The second-order valence-electron chi connectivity index (χ2n) is 4.58. The smallest absolute Gasteiger partial charge is 0.141 e. The summed E-state index contributed by atoms with van der Waals surface area (Å²) in [6.07, 6.45) is 0.428. The molecule has 0 aliphatic carbocycles. The van der Waals surface area contributed by atoms with E-state index >= 15 is 0 Å². The fraction of sp³-hybridized carbons (Fsp3) is 0.500. The van der Waals surface area contributed by atoms with Gasteiger partial charge in [0, 0.05) is 18.9 Å². The summed E-state index contributed by atoms with van der Waals surface area (Å²) >= 11 is 0. The summed E-state index contributed by atoms with van der Waals surface area (Å²) in [6.45, 7) is 4.47. The van der Waals surface area contributed by atoms with Gasteiger partial charge in [0.1, 0.15) is 11.5 Å². The second-order valence-corrected chi connectivity index (χ2v) is 4.58. The van der Waals surface area contributed by atoms with Gasteiger partial charge in [-0.05, 0) is 23.6 Å². The molecule has 0 fully saturated rings. The lowest BCUT2D eigenvalue weighted by atomic mass is 9.88. The standard InChI is InChI=1S/C14H21NO2/c1-10(2)13(9-15)14(16)8-11-5-4-6-12(7-11)17-3/h4-7,10,13H,8-9,15H2,1-3H3. The average Bonchev–Trinajstić information content (AvgIpc) is 2.29. The number of hydrogen-bond acceptors (Lipinski definition) is 3. The minimum atomic E-state index is -0.0544. The Kier molecular flexibility index (Phi) is 5.16. The van der Waals surface area contributed by atoms with Crippen LogP contribution in [0.1, 0.15) is 19.4 Å². The van der Waals surface area contributed by atoms with Crippen molar-refractivity contribution in [3.05, 3.63) is 29.8 Å². The third-order valence-corrected chi connectivity index (χ3v) is 2.98. The monoisotopic (exact) mass is 235 g/mol. The van der Waals surface area contributed by atoms with Crippen molar-refractivity contribution in [2.24, 2.45) is 17.6 Å². The quantitative estimate of drug-likeness (QED) is 0.821. The third kappa shape index (κ3) is 3.86. The number of Topliss-reactive ketones (excluding diaryl/α,β-unsaturated/α-hetero) is 1. The van der Waals surface area contributed by atoms with Gasteiger partial charge in [-0.1, -0.05) is 26.0 Å². The fourth-order valence-electron chi connectivity index (χ4n) is 1.89. The van der Waals surface area contributed by atoms with Crippen molar-refractivity contribution in [1.29, 1.82) is 0 Å². The maximum atomic E-state index is 12.1. The highest BCUT2D eigenvalue weighted by atomic mass is 16.5. The van der Waals surface area contributed by atoms with Gasteiger partial charge >= 0.3 is 0 Å². The van der Waals surface area contributed by atoms with E-state index in [9.17, 15) is 4.79 Å². The van der Waals surface area contributed by atoms with Crippen LogP contribution >= 0.6 is 0 Å². The van der Waals surface area contributed by atoms with Crippen LogP contribution in [0, 0.1) is 11.8 Å². The molecule has 0 heterocycles. The van der Waals surface area contributed by atoms with Crippen LogP contribution in [-0.4, -0.2) is 19.4 Å². The van der Waals surface area contributed by atoms with Gasteiger partial charge in [0.2, 0.25) is 0 Å². The maximum absolute atomic E-state index is 12.1. The predicted molar refractivity (Wildman–Crippen MR) is 69.1 cm³/mol. The van der Waals surface area contributed by atoms with Crippen molar-refractivity contribution in [3.8, 4) is 5.75 Å². The van der Waals surface area contributed by atoms with Gasteiger partial charge < -0.3 is 10.5 Å². The van der Waals surface area contributed by atoms with Gasteiger partial charge in [-0.15, -0.1) is 0 Å². The summed E-state index contributed by atoms with van der Waals surface area (Å²) in [4.78, 5) is 12.1. The first kappa shape index (κ1) is 13.7. The minimum Gasteiger partial charge on any atom is -0.497 e. The van der Waals surface area contributed by atoms with Crippen LogP contribution in [0.2, 0.25) is 0 Å². The zero-order valence-corrected chi connectivity index (χ0v) is 10.8. The summed E-state index contributed by atoms with van der Waals surface area (Å²) < 4.78 is 5.13. The van der Waals surface area contributed by atoms with Gasteiger partial charge in [-0.2, -0.15) is 0 Å². The zero-order chi connectivity index (χ0) is 12.8. The van der Waals surface area contributed by atoms with Crippen LogP contribution in [0.3, 0.4) is 0 Å². The minimum absolute atomic E-state index is 0.0544. The molecular formula is C14H21NO2. The Hall–Kier alpha value is -1.35. The summed E-state index contributed by atoms with van der Waals surface area (Å²) in [6, 6.07) is 7.60. The molecule has 0 bridgehead atoms. The topological polar surface area (TPSA) is 52.3 Å². The highest BCUT2D eigenvalue weighted by Gasteiger charge is 2.20. The number of ether oxygens (including phenoxy) is 1. The van der Waals surface area contributed by atoms with E-state index < -0.39 is 0 Å². The number of ketones is 1. The lowest BCUT2D eigenvalue weighted by Gasteiger charge is -2.17. The fourth-order valence-corrected chi connectivity index (χ4v) is 1.89. The highest BCUT2D eigenvalue weighted by molar-refractivity contribution is 5.83. The Morgan fingerprint density at radius 2 is 2.12 bits per heavy atom. The van der Waals surface area contributed by atoms with Crippen molar-refractivity contribution < 1.29 is 9.53 Å². The molecule has 3 nitrogen and oxygen atoms in total. The molecule has 0 radical (unpaired) electrons. The van der Waals surface area contributed by atoms with Gasteiger partial charge in [0.05, 0.1) is 7.11 Å². The van der Waals surface area contributed by atoms with E-state index in [1.54, 1.807) is 7.11 Å². The van der Waals surface area contributed by atoms with E-state index in [0.717, 1.165) is 11.3 Å². The van der Waals surface area contributed by atoms with Crippen molar-refractivity contribution in [2.75, 3.05) is 13.7 Å². The molecular weight excluding hydrogens is 214 g/mol. The molecule has 0 aromatic heterocycles. The molecule has 17 heavy (non-hydrogen) atoms. The Labute approximate surface area is 103 Å². The number of methoxy groups -OCH3 is 1. The first-order valence-corrected chi connectivity index (χ1v) is 5.94. The molecule has 0 aliphatic rings. The van der Waals surface area contributed by atoms with Gasteiger partial charge in [-0.3, -0.25) is 4.79 Å². The largest absolute Gasteiger partial charge is 0.497 e. The summed E-state index contributed by atoms with van der Waals surface area (Å²) in [5.74, 6) is 1.22. The first-order valence-electron chi connectivity index (χ1n) is 5.94. The molecule has 94 valence electrons. The Morgan fingerprint density at radius 3 is 2.65 bits per heavy atom. The highest BCUT2D eigenvalue weighted by Crippen LogP contribution is 2.17. The molecule has 1 rings (SSSR count). The van der Waals surface area contributed by atoms with Crippen LogP contribution in [-0.2, 0) is 11.2 Å². The summed E-state index contributed by atoms with van der Waals surface area (Å²) in [5, 5.41) is 0. The Morgan fingerprint density at radius 1 is 1.41 bits per heavy atom. The first-order chi connectivity index (χ1) is 8.08. The van der Waals surface area contributed by atoms with Crippen LogP contribution in [0.15, 0.2) is 24.3 Å². The number of carbonyl (C=O) groups excluding carboxylic acids is 1. The molecule has 1 unspecified atom stereocenters. The molecule has 0 saturated heterocycles. The van der Waals surface area contributed by atoms with Crippen molar-refractivity contribution in [3.63, 3.8) is 0 Å². The Bertz CT molecular complexity index is 374. The maximum Gasteiger partial charge on any atom is 0.141 e. The molecule has 1 aromatic carbocycles. The van der Waals surface area contributed by atoms with Crippen molar-refractivity contribution in [1.82, 2.24) is 0 Å². The third-order valence-electron chi connectivity index (χ3n) is 2.98. The van der Waals surface area contributed by atoms with E-state index in [1.165, 1.54) is 0 Å². The average molecular weight is 235 g/mol. The van der Waals surface area contributed by atoms with Gasteiger partial charge in [-0.25, -0.2) is 0 Å². The van der Waals surface area contributed by atoms with Crippen molar-refractivity contribution >= 4 is 5.78 Å². The van der Waals surface area contributed by atoms with Gasteiger partial charge in [0.25, 0.3) is 0 Å². The zero-order valence-electron chi connectivity index (χ0n) is 10.8.